The Morgan fingerprint density at radius 2 is 1.56 bits per heavy atom. The number of hydrogen-bond donors (Lipinski definition) is 0. The van der Waals surface area contributed by atoms with E-state index in [9.17, 15) is 4.79 Å². The molecule has 0 bridgehead atoms. The first-order valence-electron chi connectivity index (χ1n) is 16.4. The van der Waals surface area contributed by atoms with E-state index in [2.05, 4.69) is 35.1 Å². The molecule has 0 radical (unpaired) electrons. The van der Waals surface area contributed by atoms with Crippen LogP contribution in [-0.2, 0) is 20.7 Å². The molecule has 43 heavy (non-hydrogen) atoms. The summed E-state index contributed by atoms with van der Waals surface area (Å²) >= 11 is 0. The lowest BCUT2D eigenvalue weighted by Gasteiger charge is -2.16. The van der Waals surface area contributed by atoms with Crippen molar-refractivity contribution in [2.45, 2.75) is 110 Å². The molecule has 1 saturated carbocycles. The number of esters is 1. The Morgan fingerprint density at radius 1 is 0.837 bits per heavy atom. The molecule has 1 atom stereocenters. The molecule has 1 aliphatic carbocycles. The Kier molecular flexibility index (Phi) is 11.6. The van der Waals surface area contributed by atoms with E-state index in [4.69, 9.17) is 14.2 Å². The third-order valence-corrected chi connectivity index (χ3v) is 8.37. The van der Waals surface area contributed by atoms with Crippen molar-refractivity contribution in [3.8, 4) is 16.9 Å². The molecule has 1 aliphatic heterocycles. The van der Waals surface area contributed by atoms with E-state index in [-0.39, 0.29) is 5.97 Å². The second-order valence-electron chi connectivity index (χ2n) is 12.0. The summed E-state index contributed by atoms with van der Waals surface area (Å²) in [6.07, 6.45) is 22.9. The van der Waals surface area contributed by atoms with Gasteiger partial charge in [0, 0.05) is 29.9 Å². The van der Waals surface area contributed by atoms with Gasteiger partial charge in [0.25, 0.3) is 6.29 Å². The second kappa shape index (κ2) is 16.3. The normalized spacial score (nSPS) is 15.9. The number of ether oxygens (including phenoxy) is 3. The fourth-order valence-electron chi connectivity index (χ4n) is 5.59. The summed E-state index contributed by atoms with van der Waals surface area (Å²) in [7, 11) is 0. The molecule has 2 aliphatic rings. The number of aromatic nitrogens is 2. The Balaban J connectivity index is 1.06. The van der Waals surface area contributed by atoms with Gasteiger partial charge in [-0.2, -0.15) is 0 Å². The van der Waals surface area contributed by atoms with Gasteiger partial charge in [-0.3, -0.25) is 4.79 Å². The highest BCUT2D eigenvalue weighted by molar-refractivity contribution is 5.73. The van der Waals surface area contributed by atoms with Crippen LogP contribution in [0.2, 0.25) is 0 Å². The first-order valence-corrected chi connectivity index (χ1v) is 16.4. The van der Waals surface area contributed by atoms with Crippen LogP contribution < -0.4 is 4.74 Å². The lowest BCUT2D eigenvalue weighted by atomic mass is 9.99. The average Bonchev–Trinajstić information content (AvgIpc) is 3.74. The van der Waals surface area contributed by atoms with Gasteiger partial charge < -0.3 is 14.2 Å². The maximum Gasteiger partial charge on any atom is 0.311 e. The molecule has 2 heterocycles. The van der Waals surface area contributed by atoms with Crippen molar-refractivity contribution in [2.75, 3.05) is 0 Å². The number of hydrogen-bond acceptors (Lipinski definition) is 6. The lowest BCUT2D eigenvalue weighted by molar-refractivity contribution is -0.134. The minimum Gasteiger partial charge on any atom is -0.454 e. The van der Waals surface area contributed by atoms with Gasteiger partial charge in [0.2, 0.25) is 5.76 Å². The standard InChI is InChI=1S/C37H46N2O4/c1-2-3-9-18-35(40)42-32-23-21-29(22-24-32)31-25-38-36(39-26-31)34-27-41-37(43-34)33-17-13-12-16-30(33)15-11-8-6-4-5-7-10-14-28-19-20-28/h12-13,16-17,21-28,37H,2-11,14-15,18-20H2,1H3. The van der Waals surface area contributed by atoms with Crippen LogP contribution in [0.1, 0.15) is 120 Å². The number of benzene rings is 2. The zero-order valence-electron chi connectivity index (χ0n) is 25.6. The summed E-state index contributed by atoms with van der Waals surface area (Å²) < 4.78 is 17.6. The average molecular weight is 583 g/mol. The molecule has 1 fully saturated rings. The van der Waals surface area contributed by atoms with Crippen LogP contribution in [0, 0.1) is 5.92 Å². The smallest absolute Gasteiger partial charge is 0.311 e. The molecule has 0 saturated heterocycles. The zero-order valence-corrected chi connectivity index (χ0v) is 25.6. The first-order chi connectivity index (χ1) is 21.2. The van der Waals surface area contributed by atoms with Gasteiger partial charge in [-0.25, -0.2) is 9.97 Å². The van der Waals surface area contributed by atoms with E-state index >= 15 is 0 Å². The monoisotopic (exact) mass is 582 g/mol. The van der Waals surface area contributed by atoms with Crippen LogP contribution in [0.5, 0.6) is 5.75 Å². The van der Waals surface area contributed by atoms with E-state index in [1.165, 1.54) is 69.8 Å². The van der Waals surface area contributed by atoms with Crippen molar-refractivity contribution < 1.29 is 19.0 Å². The summed E-state index contributed by atoms with van der Waals surface area (Å²) in [6, 6.07) is 15.8. The Bertz CT molecular complexity index is 1320. The maximum atomic E-state index is 12.0. The van der Waals surface area contributed by atoms with Crippen molar-refractivity contribution in [3.63, 3.8) is 0 Å². The predicted molar refractivity (Wildman–Crippen MR) is 170 cm³/mol. The largest absolute Gasteiger partial charge is 0.454 e. The Morgan fingerprint density at radius 3 is 2.30 bits per heavy atom. The van der Waals surface area contributed by atoms with Crippen molar-refractivity contribution in [3.05, 3.63) is 84.1 Å². The summed E-state index contributed by atoms with van der Waals surface area (Å²) in [5, 5.41) is 0. The molecule has 3 aromatic rings. The number of rotatable bonds is 18. The second-order valence-corrected chi connectivity index (χ2v) is 12.0. The lowest BCUT2D eigenvalue weighted by Crippen LogP contribution is -2.07. The van der Waals surface area contributed by atoms with Crippen molar-refractivity contribution in [2.24, 2.45) is 5.92 Å². The fraction of sp³-hybridized carbons (Fsp3) is 0.486. The van der Waals surface area contributed by atoms with Crippen LogP contribution in [0.25, 0.3) is 16.9 Å². The van der Waals surface area contributed by atoms with Gasteiger partial charge in [0.15, 0.2) is 5.82 Å². The van der Waals surface area contributed by atoms with Gasteiger partial charge in [-0.05, 0) is 48.4 Å². The third-order valence-electron chi connectivity index (χ3n) is 8.37. The van der Waals surface area contributed by atoms with E-state index < -0.39 is 6.29 Å². The van der Waals surface area contributed by atoms with E-state index in [1.54, 1.807) is 30.8 Å². The number of nitrogens with zero attached hydrogens (tertiary/aromatic N) is 2. The van der Waals surface area contributed by atoms with E-state index in [0.717, 1.165) is 48.3 Å². The molecule has 0 spiro atoms. The Labute approximate surface area is 256 Å². The highest BCUT2D eigenvalue weighted by atomic mass is 16.7. The van der Waals surface area contributed by atoms with E-state index in [0.29, 0.717) is 23.8 Å². The predicted octanol–water partition coefficient (Wildman–Crippen LogP) is 9.75. The summed E-state index contributed by atoms with van der Waals surface area (Å²) in [4.78, 5) is 21.1. The minimum atomic E-state index is -0.488. The van der Waals surface area contributed by atoms with Crippen molar-refractivity contribution in [1.82, 2.24) is 9.97 Å². The molecular formula is C37H46N2O4. The van der Waals surface area contributed by atoms with Crippen LogP contribution in [0.3, 0.4) is 0 Å². The van der Waals surface area contributed by atoms with Crippen LogP contribution in [0.15, 0.2) is 67.2 Å². The fourth-order valence-corrected chi connectivity index (χ4v) is 5.59. The van der Waals surface area contributed by atoms with Crippen molar-refractivity contribution >= 4 is 11.7 Å². The summed E-state index contributed by atoms with van der Waals surface area (Å²) in [5.41, 5.74) is 4.15. The van der Waals surface area contributed by atoms with E-state index in [1.807, 2.05) is 18.2 Å². The number of unbranched alkanes of at least 4 members (excludes halogenated alkanes) is 8. The quantitative estimate of drug-likeness (QED) is 0.0845. The first kappa shape index (κ1) is 30.8. The zero-order chi connectivity index (χ0) is 29.7. The molecule has 228 valence electrons. The molecule has 0 N–H and O–H groups in total. The molecule has 2 aromatic carbocycles. The highest BCUT2D eigenvalue weighted by Crippen LogP contribution is 2.35. The molecule has 6 nitrogen and oxygen atoms in total. The van der Waals surface area contributed by atoms with Gasteiger partial charge in [0.1, 0.15) is 12.0 Å². The van der Waals surface area contributed by atoms with Crippen LogP contribution >= 0.6 is 0 Å². The minimum absolute atomic E-state index is 0.193. The maximum absolute atomic E-state index is 12.0. The number of aryl methyl sites for hydroxylation is 1. The van der Waals surface area contributed by atoms with Crippen LogP contribution in [0.4, 0.5) is 0 Å². The van der Waals surface area contributed by atoms with Crippen LogP contribution in [-0.4, -0.2) is 15.9 Å². The Hall–Kier alpha value is -3.67. The number of carbonyl (C=O) groups is 1. The summed E-state index contributed by atoms with van der Waals surface area (Å²) in [6.45, 7) is 2.11. The van der Waals surface area contributed by atoms with Gasteiger partial charge in [-0.1, -0.05) is 114 Å². The molecule has 1 aromatic heterocycles. The van der Waals surface area contributed by atoms with Gasteiger partial charge >= 0.3 is 5.97 Å². The van der Waals surface area contributed by atoms with Gasteiger partial charge in [0.05, 0.1) is 0 Å². The molecule has 5 rings (SSSR count). The molecular weight excluding hydrogens is 536 g/mol. The third kappa shape index (κ3) is 9.67. The number of carbonyl (C=O) groups excluding carboxylic acids is 1. The molecule has 1 unspecified atom stereocenters. The van der Waals surface area contributed by atoms with Crippen molar-refractivity contribution in [1.29, 1.82) is 0 Å². The SMILES string of the molecule is CCCCCC(=O)Oc1ccc(-c2cnc(C3=COC(c4ccccc4CCCCCCCCCC4CC4)O3)nc2)cc1. The molecule has 0 amide bonds. The summed E-state index contributed by atoms with van der Waals surface area (Å²) in [5.74, 6) is 2.44. The van der Waals surface area contributed by atoms with Gasteiger partial charge in [-0.15, -0.1) is 0 Å². The topological polar surface area (TPSA) is 70.5 Å². The highest BCUT2D eigenvalue weighted by Gasteiger charge is 2.26. The molecule has 6 heteroatoms.